The van der Waals surface area contributed by atoms with E-state index in [1.165, 1.54) is 24.3 Å². The summed E-state index contributed by atoms with van der Waals surface area (Å²) in [6.45, 7) is 2.21. The van der Waals surface area contributed by atoms with Gasteiger partial charge in [0.2, 0.25) is 10.0 Å². The van der Waals surface area contributed by atoms with Crippen molar-refractivity contribution < 1.29 is 22.7 Å². The Bertz CT molecular complexity index is 1150. The van der Waals surface area contributed by atoms with E-state index in [9.17, 15) is 18.0 Å². The van der Waals surface area contributed by atoms with E-state index >= 15 is 0 Å². The molecule has 1 heterocycles. The maximum Gasteiger partial charge on any atom is 0.293 e. The topological polar surface area (TPSA) is 117 Å². The average molecular weight is 458 g/mol. The van der Waals surface area contributed by atoms with Gasteiger partial charge in [-0.1, -0.05) is 12.1 Å². The Hall–Kier alpha value is -3.13. The summed E-state index contributed by atoms with van der Waals surface area (Å²) >= 11 is 0.809. The lowest BCUT2D eigenvalue weighted by molar-refractivity contribution is -0.122. The zero-order valence-corrected chi connectivity index (χ0v) is 18.2. The van der Waals surface area contributed by atoms with Crippen molar-refractivity contribution in [1.29, 1.82) is 5.26 Å². The lowest BCUT2D eigenvalue weighted by Gasteiger charge is -2.13. The van der Waals surface area contributed by atoms with Crippen LogP contribution in [-0.2, 0) is 14.8 Å². The first-order valence-electron chi connectivity index (χ1n) is 9.32. The highest BCUT2D eigenvalue weighted by molar-refractivity contribution is 8.18. The van der Waals surface area contributed by atoms with Crippen LogP contribution in [0.25, 0.3) is 6.08 Å². The Morgan fingerprint density at radius 3 is 2.42 bits per heavy atom. The number of thioether (sulfide) groups is 1. The normalized spacial score (nSPS) is 15.4. The summed E-state index contributed by atoms with van der Waals surface area (Å²) in [7, 11) is -3.82. The summed E-state index contributed by atoms with van der Waals surface area (Å²) < 4.78 is 32.4. The molecule has 160 valence electrons. The van der Waals surface area contributed by atoms with Crippen LogP contribution in [0.1, 0.15) is 18.1 Å². The third-order valence-corrected chi connectivity index (χ3v) is 6.67. The van der Waals surface area contributed by atoms with Crippen LogP contribution in [0.2, 0.25) is 0 Å². The number of carbonyl (C=O) groups excluding carboxylic acids is 2. The van der Waals surface area contributed by atoms with Gasteiger partial charge in [0.05, 0.1) is 28.0 Å². The Morgan fingerprint density at radius 1 is 1.13 bits per heavy atom. The second kappa shape index (κ2) is 9.78. The van der Waals surface area contributed by atoms with Crippen LogP contribution in [0.4, 0.5) is 4.79 Å². The number of hydrogen-bond acceptors (Lipinski definition) is 7. The number of amides is 2. The van der Waals surface area contributed by atoms with Crippen LogP contribution in [0.15, 0.2) is 58.3 Å². The van der Waals surface area contributed by atoms with Gasteiger partial charge in [-0.2, -0.15) is 5.26 Å². The smallest absolute Gasteiger partial charge is 0.293 e. The molecule has 2 amide bonds. The van der Waals surface area contributed by atoms with Crippen molar-refractivity contribution in [2.75, 3.05) is 19.7 Å². The summed E-state index contributed by atoms with van der Waals surface area (Å²) in [5.41, 5.74) is 1.09. The van der Waals surface area contributed by atoms with Gasteiger partial charge in [0.15, 0.2) is 0 Å². The zero-order chi connectivity index (χ0) is 22.4. The number of hydrogen-bond donors (Lipinski definition) is 1. The Kier molecular flexibility index (Phi) is 7.12. The summed E-state index contributed by atoms with van der Waals surface area (Å²) in [5, 5.41) is 8.34. The van der Waals surface area contributed by atoms with Crippen molar-refractivity contribution in [3.63, 3.8) is 0 Å². The van der Waals surface area contributed by atoms with Crippen LogP contribution >= 0.6 is 11.8 Å². The number of nitrogens with one attached hydrogen (secondary N) is 1. The third-order valence-electron chi connectivity index (χ3n) is 4.28. The maximum absolute atomic E-state index is 12.6. The molecule has 0 saturated carbocycles. The molecule has 2 aromatic carbocycles. The van der Waals surface area contributed by atoms with E-state index in [4.69, 9.17) is 10.00 Å². The summed E-state index contributed by atoms with van der Waals surface area (Å²) in [4.78, 5) is 26.1. The van der Waals surface area contributed by atoms with Gasteiger partial charge < -0.3 is 4.74 Å². The van der Waals surface area contributed by atoms with Gasteiger partial charge in [0, 0.05) is 13.1 Å². The number of sulfonamides is 1. The molecular weight excluding hydrogens is 438 g/mol. The minimum Gasteiger partial charge on any atom is -0.494 e. The summed E-state index contributed by atoms with van der Waals surface area (Å²) in [6.07, 6.45) is 1.61. The highest BCUT2D eigenvalue weighted by atomic mass is 32.2. The molecule has 1 N–H and O–H groups in total. The number of benzene rings is 2. The lowest BCUT2D eigenvalue weighted by atomic mass is 10.2. The first-order valence-corrected chi connectivity index (χ1v) is 11.6. The SMILES string of the molecule is CCOc1ccc(C=C2SC(=O)N(CCNS(=O)(=O)c3ccc(C#N)cc3)C2=O)cc1. The summed E-state index contributed by atoms with van der Waals surface area (Å²) in [6, 6.07) is 14.5. The number of nitriles is 1. The molecule has 0 aromatic heterocycles. The van der Waals surface area contributed by atoms with Crippen LogP contribution in [0.3, 0.4) is 0 Å². The summed E-state index contributed by atoms with van der Waals surface area (Å²) in [5.74, 6) is 0.240. The third kappa shape index (κ3) is 5.52. The van der Waals surface area contributed by atoms with Crippen LogP contribution in [0.5, 0.6) is 5.75 Å². The number of rotatable bonds is 8. The molecule has 3 rings (SSSR count). The van der Waals surface area contributed by atoms with Crippen molar-refractivity contribution in [1.82, 2.24) is 9.62 Å². The molecule has 1 aliphatic rings. The predicted molar refractivity (Wildman–Crippen MR) is 117 cm³/mol. The number of imide groups is 1. The molecular formula is C21H19N3O5S2. The average Bonchev–Trinajstić information content (AvgIpc) is 3.02. The highest BCUT2D eigenvalue weighted by Gasteiger charge is 2.34. The van der Waals surface area contributed by atoms with Gasteiger partial charge >= 0.3 is 0 Å². The first kappa shape index (κ1) is 22.6. The molecule has 0 radical (unpaired) electrons. The molecule has 1 saturated heterocycles. The fraction of sp³-hybridized carbons (Fsp3) is 0.190. The molecule has 0 aliphatic carbocycles. The van der Waals surface area contributed by atoms with Crippen molar-refractivity contribution >= 4 is 39.0 Å². The second-order valence-corrected chi connectivity index (χ2v) is 9.13. The second-order valence-electron chi connectivity index (χ2n) is 6.37. The molecule has 2 aromatic rings. The van der Waals surface area contributed by atoms with Crippen molar-refractivity contribution in [2.24, 2.45) is 0 Å². The van der Waals surface area contributed by atoms with Crippen molar-refractivity contribution in [2.45, 2.75) is 11.8 Å². The molecule has 0 bridgehead atoms. The highest BCUT2D eigenvalue weighted by Crippen LogP contribution is 2.32. The molecule has 10 heteroatoms. The van der Waals surface area contributed by atoms with E-state index in [0.717, 1.165) is 22.2 Å². The van der Waals surface area contributed by atoms with E-state index in [1.807, 2.05) is 13.0 Å². The lowest BCUT2D eigenvalue weighted by Crippen LogP contribution is -2.37. The minimum atomic E-state index is -3.82. The van der Waals surface area contributed by atoms with Crippen LogP contribution < -0.4 is 9.46 Å². The Labute approximate surface area is 184 Å². The first-order chi connectivity index (χ1) is 14.8. The van der Waals surface area contributed by atoms with E-state index in [1.54, 1.807) is 30.3 Å². The maximum atomic E-state index is 12.6. The van der Waals surface area contributed by atoms with Gasteiger partial charge in [-0.05, 0) is 66.7 Å². The van der Waals surface area contributed by atoms with Gasteiger partial charge in [0.25, 0.3) is 11.1 Å². The quantitative estimate of drug-likeness (QED) is 0.606. The molecule has 0 unspecified atom stereocenters. The number of ether oxygens (including phenoxy) is 1. The molecule has 0 spiro atoms. The zero-order valence-electron chi connectivity index (χ0n) is 16.6. The minimum absolute atomic E-state index is 0.00367. The Morgan fingerprint density at radius 2 is 1.81 bits per heavy atom. The molecule has 0 atom stereocenters. The fourth-order valence-corrected chi connectivity index (χ4v) is 4.64. The number of nitrogens with zero attached hydrogens (tertiary/aromatic N) is 2. The van der Waals surface area contributed by atoms with Gasteiger partial charge in [-0.15, -0.1) is 0 Å². The molecule has 1 fully saturated rings. The van der Waals surface area contributed by atoms with Crippen LogP contribution in [-0.4, -0.2) is 44.2 Å². The molecule has 8 nitrogen and oxygen atoms in total. The molecule has 31 heavy (non-hydrogen) atoms. The van der Waals surface area contributed by atoms with Crippen molar-refractivity contribution in [3.05, 3.63) is 64.6 Å². The van der Waals surface area contributed by atoms with Crippen molar-refractivity contribution in [3.8, 4) is 11.8 Å². The standard InChI is InChI=1S/C21H19N3O5S2/c1-2-29-17-7-3-15(4-8-17)13-19-20(25)24(21(26)30-19)12-11-23-31(27,28)18-9-5-16(14-22)6-10-18/h3-10,13,23H,2,11-12H2,1H3. The monoisotopic (exact) mass is 457 g/mol. The predicted octanol–water partition coefficient (Wildman–Crippen LogP) is 2.97. The van der Waals surface area contributed by atoms with Gasteiger partial charge in [0.1, 0.15) is 5.75 Å². The largest absolute Gasteiger partial charge is 0.494 e. The van der Waals surface area contributed by atoms with Gasteiger partial charge in [-0.25, -0.2) is 13.1 Å². The van der Waals surface area contributed by atoms with E-state index < -0.39 is 21.2 Å². The fourth-order valence-electron chi connectivity index (χ4n) is 2.75. The van der Waals surface area contributed by atoms with Gasteiger partial charge in [-0.3, -0.25) is 14.5 Å². The molecule has 1 aliphatic heterocycles. The van der Waals surface area contributed by atoms with E-state index in [0.29, 0.717) is 17.9 Å². The Balaban J connectivity index is 1.61. The van der Waals surface area contributed by atoms with Crippen LogP contribution in [0, 0.1) is 11.3 Å². The number of carbonyl (C=O) groups is 2. The van der Waals surface area contributed by atoms with E-state index in [-0.39, 0.29) is 22.9 Å². The van der Waals surface area contributed by atoms with E-state index in [2.05, 4.69) is 4.72 Å².